The van der Waals surface area contributed by atoms with Crippen LogP contribution in [-0.4, -0.2) is 38.6 Å². The van der Waals surface area contributed by atoms with Gasteiger partial charge in [0.1, 0.15) is 36.9 Å². The lowest BCUT2D eigenvalue weighted by molar-refractivity contribution is -0.00698. The van der Waals surface area contributed by atoms with Gasteiger partial charge in [0.15, 0.2) is 0 Å². The van der Waals surface area contributed by atoms with Gasteiger partial charge in [0.25, 0.3) is 0 Å². The third-order valence-electron chi connectivity index (χ3n) is 12.9. The number of ether oxygens (including phenoxy) is 4. The molecule has 0 aromatic heterocycles. The van der Waals surface area contributed by atoms with Crippen LogP contribution >= 0.6 is 0 Å². The lowest BCUT2D eigenvalue weighted by Crippen LogP contribution is -2.49. The monoisotopic (exact) mass is 540 g/mol. The minimum absolute atomic E-state index is 0.255. The van der Waals surface area contributed by atoms with Crippen molar-refractivity contribution in [2.75, 3.05) is 26.4 Å². The van der Waals surface area contributed by atoms with Gasteiger partial charge in [-0.15, -0.1) is 0 Å². The minimum atomic E-state index is 0.255. The zero-order chi connectivity index (χ0) is 26.1. The molecule has 2 saturated heterocycles. The van der Waals surface area contributed by atoms with Gasteiger partial charge in [-0.3, -0.25) is 0 Å². The first kappa shape index (κ1) is 23.7. The molecule has 2 unspecified atom stereocenters. The van der Waals surface area contributed by atoms with E-state index >= 15 is 0 Å². The summed E-state index contributed by atoms with van der Waals surface area (Å²) >= 11 is 0. The number of benzene rings is 2. The molecule has 40 heavy (non-hydrogen) atoms. The van der Waals surface area contributed by atoms with Gasteiger partial charge < -0.3 is 18.9 Å². The molecule has 0 N–H and O–H groups in total. The Morgan fingerprint density at radius 2 is 1.10 bits per heavy atom. The van der Waals surface area contributed by atoms with Crippen molar-refractivity contribution in [1.29, 1.82) is 0 Å². The molecule has 212 valence electrons. The second-order valence-electron chi connectivity index (χ2n) is 15.9. The molecule has 0 amide bonds. The molecule has 12 rings (SSSR count). The zero-order valence-corrected chi connectivity index (χ0v) is 23.9. The molecule has 4 heteroatoms. The fraction of sp³-hybridized carbons (Fsp3) is 0.722. The first-order valence-electron chi connectivity index (χ1n) is 16.7. The van der Waals surface area contributed by atoms with E-state index in [2.05, 4.69) is 24.3 Å². The van der Waals surface area contributed by atoms with Gasteiger partial charge in [-0.2, -0.15) is 0 Å². The van der Waals surface area contributed by atoms with Crippen molar-refractivity contribution in [3.05, 3.63) is 35.4 Å². The molecule has 2 atom stereocenters. The summed E-state index contributed by atoms with van der Waals surface area (Å²) in [5, 5.41) is 2.97. The van der Waals surface area contributed by atoms with Crippen LogP contribution in [0.5, 0.6) is 11.5 Å². The van der Waals surface area contributed by atoms with Gasteiger partial charge in [0.2, 0.25) is 0 Å². The molecule has 2 aromatic rings. The van der Waals surface area contributed by atoms with Crippen molar-refractivity contribution in [3.8, 4) is 11.5 Å². The number of hydrogen-bond acceptors (Lipinski definition) is 4. The van der Waals surface area contributed by atoms with Crippen molar-refractivity contribution in [2.24, 2.45) is 35.5 Å². The first-order chi connectivity index (χ1) is 19.6. The van der Waals surface area contributed by atoms with Crippen LogP contribution in [0.25, 0.3) is 10.8 Å². The van der Waals surface area contributed by atoms with Crippen LogP contribution in [-0.2, 0) is 20.3 Å². The first-order valence-corrected chi connectivity index (χ1v) is 16.7. The molecule has 2 heterocycles. The summed E-state index contributed by atoms with van der Waals surface area (Å²) in [5.74, 6) is 7.69. The van der Waals surface area contributed by atoms with Gasteiger partial charge in [-0.05, 0) is 153 Å². The van der Waals surface area contributed by atoms with E-state index in [1.807, 2.05) is 0 Å². The molecule has 10 aliphatic rings. The Morgan fingerprint density at radius 1 is 0.600 bits per heavy atom. The Bertz CT molecular complexity index is 1280. The van der Waals surface area contributed by atoms with E-state index in [9.17, 15) is 0 Å². The Hall–Kier alpha value is -1.78. The van der Waals surface area contributed by atoms with Crippen LogP contribution in [0, 0.1) is 35.5 Å². The largest absolute Gasteiger partial charge is 0.491 e. The van der Waals surface area contributed by atoms with E-state index in [0.29, 0.717) is 18.6 Å². The van der Waals surface area contributed by atoms with E-state index < -0.39 is 0 Å². The normalized spacial score (nSPS) is 45.3. The van der Waals surface area contributed by atoms with Crippen LogP contribution in [0.4, 0.5) is 0 Å². The van der Waals surface area contributed by atoms with Gasteiger partial charge >= 0.3 is 0 Å². The summed E-state index contributed by atoms with van der Waals surface area (Å²) in [6.07, 6.45) is 17.6. The molecule has 8 saturated carbocycles. The zero-order valence-electron chi connectivity index (χ0n) is 23.9. The quantitative estimate of drug-likeness (QED) is 0.329. The number of hydrogen-bond donors (Lipinski definition) is 0. The highest BCUT2D eigenvalue weighted by atomic mass is 16.6. The third-order valence-corrected chi connectivity index (χ3v) is 12.9. The summed E-state index contributed by atoms with van der Waals surface area (Å²) < 4.78 is 24.4. The molecule has 8 aliphatic carbocycles. The van der Waals surface area contributed by atoms with Crippen LogP contribution < -0.4 is 9.47 Å². The van der Waals surface area contributed by atoms with Crippen molar-refractivity contribution in [2.45, 2.75) is 100 Å². The van der Waals surface area contributed by atoms with E-state index in [0.717, 1.165) is 54.5 Å². The SMILES string of the molecule is c1cc2c(C34CC5CC(CC(C5)C3)C4)cc(OCC3CO3)c(C34CC5CC(CC(C5)C3)C4)c2cc1OCC1CO1. The average Bonchev–Trinajstić information content (AvgIpc) is 3.84. The molecule has 4 nitrogen and oxygen atoms in total. The van der Waals surface area contributed by atoms with Crippen molar-refractivity contribution in [3.63, 3.8) is 0 Å². The minimum Gasteiger partial charge on any atom is -0.491 e. The van der Waals surface area contributed by atoms with E-state index in [4.69, 9.17) is 18.9 Å². The summed E-state index contributed by atoms with van der Waals surface area (Å²) in [6, 6.07) is 9.74. The topological polar surface area (TPSA) is 43.5 Å². The highest BCUT2D eigenvalue weighted by Crippen LogP contribution is 2.65. The summed E-state index contributed by atoms with van der Waals surface area (Å²) in [5.41, 5.74) is 3.74. The highest BCUT2D eigenvalue weighted by molar-refractivity contribution is 5.94. The number of epoxide rings is 2. The lowest BCUT2D eigenvalue weighted by Gasteiger charge is -2.58. The van der Waals surface area contributed by atoms with Gasteiger partial charge in [0.05, 0.1) is 13.2 Å². The maximum atomic E-state index is 6.92. The van der Waals surface area contributed by atoms with Crippen molar-refractivity contribution in [1.82, 2.24) is 0 Å². The molecule has 10 fully saturated rings. The predicted octanol–water partition coefficient (Wildman–Crippen LogP) is 7.33. The summed E-state index contributed by atoms with van der Waals surface area (Å²) in [6.45, 7) is 3.04. The lowest BCUT2D eigenvalue weighted by atomic mass is 9.46. The third kappa shape index (κ3) is 3.77. The maximum absolute atomic E-state index is 6.92. The molecular formula is C36H44O4. The highest BCUT2D eigenvalue weighted by Gasteiger charge is 2.55. The molecule has 2 aromatic carbocycles. The average molecular weight is 541 g/mol. The smallest absolute Gasteiger partial charge is 0.124 e. The second-order valence-corrected chi connectivity index (χ2v) is 15.9. The van der Waals surface area contributed by atoms with Gasteiger partial charge in [-0.25, -0.2) is 0 Å². The van der Waals surface area contributed by atoms with Gasteiger partial charge in [-0.1, -0.05) is 6.07 Å². The predicted molar refractivity (Wildman–Crippen MR) is 154 cm³/mol. The second kappa shape index (κ2) is 8.40. The van der Waals surface area contributed by atoms with Crippen LogP contribution in [0.15, 0.2) is 24.3 Å². The fourth-order valence-corrected chi connectivity index (χ4v) is 12.1. The van der Waals surface area contributed by atoms with Crippen LogP contribution in [0.3, 0.4) is 0 Å². The Kier molecular flexibility index (Phi) is 4.99. The molecule has 0 spiro atoms. The number of rotatable bonds is 8. The van der Waals surface area contributed by atoms with E-state index in [1.54, 1.807) is 11.1 Å². The van der Waals surface area contributed by atoms with Gasteiger partial charge in [0, 0.05) is 11.0 Å². The summed E-state index contributed by atoms with van der Waals surface area (Å²) in [4.78, 5) is 0. The Labute approximate surface area is 238 Å². The molecule has 0 radical (unpaired) electrons. The molecule has 2 aliphatic heterocycles. The standard InChI is InChI=1S/C36H44O4/c1-2-30-31(9-27(1)37-17-28-18-38-28)34(36-14-24-6-25(15-36)8-26(7-24)16-36)33(40-20-29-19-39-29)10-32(30)35-11-21-3-22(12-35)5-23(4-21)13-35/h1-2,9-10,21-26,28-29H,3-8,11-20H2. The molecular weight excluding hydrogens is 496 g/mol. The van der Waals surface area contributed by atoms with E-state index in [-0.39, 0.29) is 17.6 Å². The van der Waals surface area contributed by atoms with Crippen molar-refractivity contribution < 1.29 is 18.9 Å². The Balaban J connectivity index is 1.17. The van der Waals surface area contributed by atoms with E-state index in [1.165, 1.54) is 93.6 Å². The van der Waals surface area contributed by atoms with Crippen LogP contribution in [0.2, 0.25) is 0 Å². The molecule has 8 bridgehead atoms. The number of fused-ring (bicyclic) bond motifs is 1. The summed E-state index contributed by atoms with van der Waals surface area (Å²) in [7, 11) is 0. The fourth-order valence-electron chi connectivity index (χ4n) is 12.1. The maximum Gasteiger partial charge on any atom is 0.124 e. The van der Waals surface area contributed by atoms with Crippen LogP contribution in [0.1, 0.15) is 88.2 Å². The van der Waals surface area contributed by atoms with Crippen molar-refractivity contribution >= 4 is 10.8 Å². The Morgan fingerprint density at radius 3 is 1.62 bits per heavy atom.